The summed E-state index contributed by atoms with van der Waals surface area (Å²) in [5.41, 5.74) is 3.37. The molecule has 2 atom stereocenters. The van der Waals surface area contributed by atoms with Crippen LogP contribution < -0.4 is 20.1 Å². The standard InChI is InChI=1S/C22H25BrN2O3S/c1-4-22(2,3)11-5-6-12-17(7-11)29-21-18(12)20(26)24-19(25-21)13-8-15-16(9-14(13)23)28-10-27-15/h8-9,11,19,25H,4-7,10H2,1-3H3,(H,24,26)/t11-,19+/m0/s1. The first-order chi connectivity index (χ1) is 13.9. The summed E-state index contributed by atoms with van der Waals surface area (Å²) >= 11 is 5.37. The van der Waals surface area contributed by atoms with Crippen LogP contribution in [0.3, 0.4) is 0 Å². The van der Waals surface area contributed by atoms with Crippen LogP contribution in [0, 0.1) is 11.3 Å². The van der Waals surface area contributed by atoms with Gasteiger partial charge in [0.15, 0.2) is 11.5 Å². The summed E-state index contributed by atoms with van der Waals surface area (Å²) in [4.78, 5) is 14.4. The molecule has 7 heteroatoms. The van der Waals surface area contributed by atoms with Crippen LogP contribution in [0.25, 0.3) is 0 Å². The van der Waals surface area contributed by atoms with Gasteiger partial charge < -0.3 is 20.1 Å². The van der Waals surface area contributed by atoms with E-state index in [1.54, 1.807) is 11.3 Å². The maximum absolute atomic E-state index is 13.1. The Balaban J connectivity index is 1.46. The lowest BCUT2D eigenvalue weighted by Gasteiger charge is -2.36. The Kier molecular flexibility index (Phi) is 4.59. The molecule has 1 aliphatic carbocycles. The van der Waals surface area contributed by atoms with Crippen LogP contribution in [0.5, 0.6) is 11.5 Å². The molecule has 1 aromatic heterocycles. The fourth-order valence-corrected chi connectivity index (χ4v) is 6.47. The van der Waals surface area contributed by atoms with Gasteiger partial charge in [-0.25, -0.2) is 0 Å². The van der Waals surface area contributed by atoms with Gasteiger partial charge in [0.25, 0.3) is 5.91 Å². The van der Waals surface area contributed by atoms with Gasteiger partial charge in [-0.15, -0.1) is 11.3 Å². The van der Waals surface area contributed by atoms with Gasteiger partial charge in [-0.2, -0.15) is 0 Å². The number of nitrogens with one attached hydrogen (secondary N) is 2. The number of rotatable bonds is 3. The molecule has 1 amide bonds. The molecule has 0 unspecified atom stereocenters. The zero-order valence-electron chi connectivity index (χ0n) is 16.9. The fourth-order valence-electron chi connectivity index (χ4n) is 4.56. The third-order valence-corrected chi connectivity index (χ3v) is 8.73. The van der Waals surface area contributed by atoms with Crippen LogP contribution >= 0.6 is 27.3 Å². The highest BCUT2D eigenvalue weighted by Gasteiger charge is 2.38. The Hall–Kier alpha value is -1.73. The van der Waals surface area contributed by atoms with Gasteiger partial charge in [0.1, 0.15) is 11.2 Å². The van der Waals surface area contributed by atoms with Crippen molar-refractivity contribution in [1.29, 1.82) is 0 Å². The summed E-state index contributed by atoms with van der Waals surface area (Å²) in [5.74, 6) is 2.11. The number of carbonyl (C=O) groups is 1. The van der Waals surface area contributed by atoms with E-state index in [-0.39, 0.29) is 18.9 Å². The minimum Gasteiger partial charge on any atom is -0.454 e. The summed E-state index contributed by atoms with van der Waals surface area (Å²) in [6.07, 6.45) is 4.09. The van der Waals surface area contributed by atoms with Gasteiger partial charge in [0, 0.05) is 14.9 Å². The molecule has 0 spiro atoms. The van der Waals surface area contributed by atoms with Gasteiger partial charge in [-0.3, -0.25) is 4.79 Å². The van der Waals surface area contributed by atoms with Crippen LogP contribution in [-0.2, 0) is 12.8 Å². The molecule has 2 aromatic rings. The minimum atomic E-state index is -0.304. The predicted molar refractivity (Wildman–Crippen MR) is 118 cm³/mol. The Labute approximate surface area is 183 Å². The number of anilines is 1. The summed E-state index contributed by atoms with van der Waals surface area (Å²) < 4.78 is 11.8. The molecule has 0 bridgehead atoms. The van der Waals surface area contributed by atoms with Crippen molar-refractivity contribution in [3.63, 3.8) is 0 Å². The van der Waals surface area contributed by atoms with Crippen molar-refractivity contribution in [1.82, 2.24) is 5.32 Å². The smallest absolute Gasteiger partial charge is 0.256 e. The first-order valence-corrected chi connectivity index (χ1v) is 11.8. The fraction of sp³-hybridized carbons (Fsp3) is 0.500. The molecule has 5 nitrogen and oxygen atoms in total. The number of thiophene rings is 1. The van der Waals surface area contributed by atoms with Crippen molar-refractivity contribution in [2.45, 2.75) is 52.6 Å². The monoisotopic (exact) mass is 476 g/mol. The van der Waals surface area contributed by atoms with Crippen molar-refractivity contribution in [3.8, 4) is 11.5 Å². The van der Waals surface area contributed by atoms with Gasteiger partial charge in [-0.1, -0.05) is 43.1 Å². The van der Waals surface area contributed by atoms with Crippen LogP contribution in [0.1, 0.15) is 66.1 Å². The second-order valence-corrected chi connectivity index (χ2v) is 10.7. The Morgan fingerprint density at radius 2 is 2.00 bits per heavy atom. The second kappa shape index (κ2) is 6.91. The number of hydrogen-bond acceptors (Lipinski definition) is 5. The average molecular weight is 477 g/mol. The lowest BCUT2D eigenvalue weighted by molar-refractivity contribution is 0.0934. The quantitative estimate of drug-likeness (QED) is 0.601. The first kappa shape index (κ1) is 19.2. The Morgan fingerprint density at radius 1 is 1.24 bits per heavy atom. The average Bonchev–Trinajstić information content (AvgIpc) is 3.30. The first-order valence-electron chi connectivity index (χ1n) is 10.2. The molecule has 29 heavy (non-hydrogen) atoms. The number of ether oxygens (including phenoxy) is 2. The van der Waals surface area contributed by atoms with Crippen molar-refractivity contribution in [3.05, 3.63) is 38.2 Å². The predicted octanol–water partition coefficient (Wildman–Crippen LogP) is 5.63. The normalized spacial score (nSPS) is 22.6. The summed E-state index contributed by atoms with van der Waals surface area (Å²) in [7, 11) is 0. The van der Waals surface area contributed by atoms with E-state index >= 15 is 0 Å². The van der Waals surface area contributed by atoms with E-state index in [0.29, 0.717) is 17.1 Å². The highest BCUT2D eigenvalue weighted by molar-refractivity contribution is 9.10. The summed E-state index contributed by atoms with van der Waals surface area (Å²) in [5, 5.41) is 7.69. The van der Waals surface area contributed by atoms with Crippen molar-refractivity contribution >= 4 is 38.2 Å². The van der Waals surface area contributed by atoms with Crippen LogP contribution in [-0.4, -0.2) is 12.7 Å². The van der Waals surface area contributed by atoms with Crippen molar-refractivity contribution < 1.29 is 14.3 Å². The molecule has 0 fully saturated rings. The van der Waals surface area contributed by atoms with E-state index < -0.39 is 0 Å². The number of fused-ring (bicyclic) bond motifs is 4. The molecule has 5 rings (SSSR count). The molecule has 3 heterocycles. The molecule has 0 saturated carbocycles. The highest BCUT2D eigenvalue weighted by Crippen LogP contribution is 2.48. The summed E-state index contributed by atoms with van der Waals surface area (Å²) in [6, 6.07) is 3.83. The van der Waals surface area contributed by atoms with Crippen LogP contribution in [0.2, 0.25) is 0 Å². The zero-order chi connectivity index (χ0) is 20.3. The van der Waals surface area contributed by atoms with Gasteiger partial charge >= 0.3 is 0 Å². The number of benzene rings is 1. The summed E-state index contributed by atoms with van der Waals surface area (Å²) in [6.45, 7) is 7.24. The molecule has 1 aromatic carbocycles. The SMILES string of the molecule is CCC(C)(C)[C@H]1CCc2c(sc3c2C(=O)N[C@@H](c2cc4c(cc2Br)OCO4)N3)C1. The lowest BCUT2D eigenvalue weighted by atomic mass is 9.69. The number of hydrogen-bond donors (Lipinski definition) is 2. The molecule has 3 aliphatic rings. The van der Waals surface area contributed by atoms with E-state index in [4.69, 9.17) is 9.47 Å². The Bertz CT molecular complexity index is 1000. The van der Waals surface area contributed by atoms with Crippen LogP contribution in [0.4, 0.5) is 5.00 Å². The van der Waals surface area contributed by atoms with E-state index in [1.165, 1.54) is 16.9 Å². The van der Waals surface area contributed by atoms with Crippen LogP contribution in [0.15, 0.2) is 16.6 Å². The number of halogens is 1. The van der Waals surface area contributed by atoms with E-state index in [0.717, 1.165) is 45.6 Å². The van der Waals surface area contributed by atoms with E-state index in [2.05, 4.69) is 47.3 Å². The Morgan fingerprint density at radius 3 is 2.76 bits per heavy atom. The lowest BCUT2D eigenvalue weighted by Crippen LogP contribution is -2.38. The van der Waals surface area contributed by atoms with E-state index in [1.807, 2.05) is 12.1 Å². The van der Waals surface area contributed by atoms with Gasteiger partial charge in [-0.05, 0) is 48.3 Å². The van der Waals surface area contributed by atoms with Gasteiger partial charge in [0.2, 0.25) is 6.79 Å². The molecule has 2 aliphatic heterocycles. The number of carbonyl (C=O) groups excluding carboxylic acids is 1. The third-order valence-electron chi connectivity index (χ3n) is 6.86. The number of amides is 1. The van der Waals surface area contributed by atoms with Crippen molar-refractivity contribution in [2.75, 3.05) is 12.1 Å². The molecular formula is C22H25BrN2O3S. The second-order valence-electron chi connectivity index (χ2n) is 8.77. The molecule has 0 saturated heterocycles. The molecular weight excluding hydrogens is 452 g/mol. The highest BCUT2D eigenvalue weighted by atomic mass is 79.9. The molecule has 2 N–H and O–H groups in total. The van der Waals surface area contributed by atoms with Crippen molar-refractivity contribution in [2.24, 2.45) is 11.3 Å². The third kappa shape index (κ3) is 3.13. The maximum Gasteiger partial charge on any atom is 0.256 e. The largest absolute Gasteiger partial charge is 0.454 e. The molecule has 154 valence electrons. The zero-order valence-corrected chi connectivity index (χ0v) is 19.3. The maximum atomic E-state index is 13.1. The van der Waals surface area contributed by atoms with E-state index in [9.17, 15) is 4.79 Å². The minimum absolute atomic E-state index is 0.0130. The topological polar surface area (TPSA) is 59.6 Å². The van der Waals surface area contributed by atoms with Gasteiger partial charge in [0.05, 0.1) is 5.56 Å². The molecule has 0 radical (unpaired) electrons.